The van der Waals surface area contributed by atoms with Crippen LogP contribution in [-0.4, -0.2) is 25.3 Å². The quantitative estimate of drug-likeness (QED) is 0.701. The Bertz CT molecular complexity index is 359. The van der Waals surface area contributed by atoms with E-state index in [0.717, 1.165) is 12.7 Å². The van der Waals surface area contributed by atoms with E-state index in [4.69, 9.17) is 0 Å². The number of rotatable bonds is 3. The Kier molecular flexibility index (Phi) is 2.87. The molecule has 80 valence electrons. The highest BCUT2D eigenvalue weighted by Crippen LogP contribution is 2.40. The van der Waals surface area contributed by atoms with E-state index in [9.17, 15) is 4.79 Å². The molecule has 2 unspecified atom stereocenters. The van der Waals surface area contributed by atoms with E-state index in [1.165, 1.54) is 11.1 Å². The van der Waals surface area contributed by atoms with Gasteiger partial charge in [-0.05, 0) is 37.6 Å². The van der Waals surface area contributed by atoms with Gasteiger partial charge in [0.05, 0.1) is 0 Å². The van der Waals surface area contributed by atoms with Crippen molar-refractivity contribution in [3.63, 3.8) is 0 Å². The molecular weight excluding hydrogens is 186 g/mol. The first kappa shape index (κ1) is 10.4. The molecule has 1 aromatic carbocycles. The average molecular weight is 203 g/mol. The summed E-state index contributed by atoms with van der Waals surface area (Å²) in [6.45, 7) is 0. The van der Waals surface area contributed by atoms with E-state index in [2.05, 4.69) is 43.3 Å². The van der Waals surface area contributed by atoms with Crippen LogP contribution in [0.25, 0.3) is 0 Å². The molecule has 1 aromatic rings. The highest BCUT2D eigenvalue weighted by Gasteiger charge is 2.32. The van der Waals surface area contributed by atoms with Gasteiger partial charge in [-0.1, -0.05) is 24.3 Å². The van der Waals surface area contributed by atoms with Crippen LogP contribution >= 0.6 is 0 Å². The minimum atomic E-state index is 0.409. The summed E-state index contributed by atoms with van der Waals surface area (Å²) >= 11 is 0. The second-order valence-electron chi connectivity index (χ2n) is 4.47. The topological polar surface area (TPSA) is 20.3 Å². The number of hydrogen-bond acceptors (Lipinski definition) is 2. The Labute approximate surface area is 90.9 Å². The summed E-state index contributed by atoms with van der Waals surface area (Å²) in [4.78, 5) is 12.9. The van der Waals surface area contributed by atoms with E-state index in [0.29, 0.717) is 18.4 Å². The van der Waals surface area contributed by atoms with Gasteiger partial charge in [-0.3, -0.25) is 0 Å². The third kappa shape index (κ3) is 1.82. The highest BCUT2D eigenvalue weighted by molar-refractivity contribution is 5.51. The molecule has 0 heterocycles. The van der Waals surface area contributed by atoms with Gasteiger partial charge in [0.15, 0.2) is 0 Å². The lowest BCUT2D eigenvalue weighted by molar-refractivity contribution is -0.108. The molecule has 0 aromatic heterocycles. The van der Waals surface area contributed by atoms with E-state index >= 15 is 0 Å². The molecule has 0 saturated heterocycles. The van der Waals surface area contributed by atoms with Crippen LogP contribution in [0.2, 0.25) is 0 Å². The maximum Gasteiger partial charge on any atom is 0.120 e. The van der Waals surface area contributed by atoms with Crippen LogP contribution in [0.1, 0.15) is 23.6 Å². The molecule has 1 aliphatic rings. The molecule has 0 spiro atoms. The summed E-state index contributed by atoms with van der Waals surface area (Å²) in [5, 5.41) is 0. The van der Waals surface area contributed by atoms with Crippen LogP contribution in [0.4, 0.5) is 0 Å². The second kappa shape index (κ2) is 4.15. The lowest BCUT2D eigenvalue weighted by Crippen LogP contribution is -2.24. The Morgan fingerprint density at radius 1 is 1.40 bits per heavy atom. The summed E-state index contributed by atoms with van der Waals surface area (Å²) in [7, 11) is 4.18. The Morgan fingerprint density at radius 2 is 2.13 bits per heavy atom. The maximum absolute atomic E-state index is 10.7. The van der Waals surface area contributed by atoms with Crippen molar-refractivity contribution in [3.05, 3.63) is 35.4 Å². The molecule has 0 saturated carbocycles. The summed E-state index contributed by atoms with van der Waals surface area (Å²) in [5.41, 5.74) is 2.80. The second-order valence-corrected chi connectivity index (χ2v) is 4.47. The molecule has 0 N–H and O–H groups in total. The van der Waals surface area contributed by atoms with Crippen LogP contribution in [-0.2, 0) is 11.2 Å². The molecule has 0 radical (unpaired) electrons. The number of benzene rings is 1. The first-order valence-corrected chi connectivity index (χ1v) is 5.42. The molecule has 2 nitrogen and oxygen atoms in total. The van der Waals surface area contributed by atoms with Gasteiger partial charge in [-0.25, -0.2) is 0 Å². The fraction of sp³-hybridized carbons (Fsp3) is 0.462. The van der Waals surface area contributed by atoms with E-state index in [1.807, 2.05) is 0 Å². The number of nitrogens with zero attached hydrogens (tertiary/aromatic N) is 1. The van der Waals surface area contributed by atoms with Crippen LogP contribution in [0.3, 0.4) is 0 Å². The van der Waals surface area contributed by atoms with Gasteiger partial charge >= 0.3 is 0 Å². The Hall–Kier alpha value is -1.15. The first-order chi connectivity index (χ1) is 7.24. The van der Waals surface area contributed by atoms with Gasteiger partial charge in [-0.15, -0.1) is 0 Å². The molecule has 2 rings (SSSR count). The van der Waals surface area contributed by atoms with Gasteiger partial charge in [0.1, 0.15) is 6.29 Å². The summed E-state index contributed by atoms with van der Waals surface area (Å²) in [5.74, 6) is 0.454. The number of carbonyl (C=O) groups excluding carboxylic acids is 1. The molecule has 15 heavy (non-hydrogen) atoms. The fourth-order valence-electron chi connectivity index (χ4n) is 2.69. The van der Waals surface area contributed by atoms with E-state index in [-0.39, 0.29) is 0 Å². The molecule has 0 fully saturated rings. The first-order valence-electron chi connectivity index (χ1n) is 5.42. The lowest BCUT2D eigenvalue weighted by atomic mass is 9.97. The third-order valence-electron chi connectivity index (χ3n) is 3.26. The molecule has 0 aliphatic heterocycles. The maximum atomic E-state index is 10.7. The van der Waals surface area contributed by atoms with Gasteiger partial charge in [0, 0.05) is 12.5 Å². The number of aldehydes is 1. The summed E-state index contributed by atoms with van der Waals surface area (Å²) in [6, 6.07) is 8.93. The van der Waals surface area contributed by atoms with Crippen molar-refractivity contribution in [2.24, 2.45) is 5.92 Å². The predicted octanol–water partition coefficient (Wildman–Crippen LogP) is 2.05. The molecule has 2 atom stereocenters. The van der Waals surface area contributed by atoms with Crippen LogP contribution in [0, 0.1) is 5.92 Å². The van der Waals surface area contributed by atoms with Gasteiger partial charge < -0.3 is 9.69 Å². The summed E-state index contributed by atoms with van der Waals surface area (Å²) in [6.07, 6.45) is 2.75. The zero-order chi connectivity index (χ0) is 10.8. The molecule has 0 amide bonds. The number of carbonyl (C=O) groups is 1. The van der Waals surface area contributed by atoms with Crippen molar-refractivity contribution >= 4 is 6.29 Å². The van der Waals surface area contributed by atoms with Crippen LogP contribution < -0.4 is 0 Å². The molecule has 1 aliphatic carbocycles. The number of hydrogen-bond donors (Lipinski definition) is 0. The molecule has 2 heteroatoms. The Balaban J connectivity index is 2.33. The standard InChI is InChI=1S/C13H17NO/c1-14(2)13-11(7-8-15)9-10-5-3-4-6-12(10)13/h3-6,8,11,13H,7,9H2,1-2H3. The van der Waals surface area contributed by atoms with Crippen molar-refractivity contribution in [3.8, 4) is 0 Å². The zero-order valence-electron chi connectivity index (χ0n) is 9.31. The van der Waals surface area contributed by atoms with Crippen LogP contribution in [0.5, 0.6) is 0 Å². The predicted molar refractivity (Wildman–Crippen MR) is 60.7 cm³/mol. The van der Waals surface area contributed by atoms with Gasteiger partial charge in [-0.2, -0.15) is 0 Å². The smallest absolute Gasteiger partial charge is 0.120 e. The van der Waals surface area contributed by atoms with E-state index in [1.54, 1.807) is 0 Å². The number of fused-ring (bicyclic) bond motifs is 1. The molecular formula is C13H17NO. The van der Waals surface area contributed by atoms with Crippen molar-refractivity contribution < 1.29 is 4.79 Å². The normalized spacial score (nSPS) is 24.2. The van der Waals surface area contributed by atoms with Crippen molar-refractivity contribution in [1.82, 2.24) is 4.90 Å². The summed E-state index contributed by atoms with van der Waals surface area (Å²) < 4.78 is 0. The minimum absolute atomic E-state index is 0.409. The minimum Gasteiger partial charge on any atom is -0.303 e. The van der Waals surface area contributed by atoms with Gasteiger partial charge in [0.25, 0.3) is 0 Å². The molecule has 0 bridgehead atoms. The van der Waals surface area contributed by atoms with Crippen molar-refractivity contribution in [2.75, 3.05) is 14.1 Å². The Morgan fingerprint density at radius 3 is 2.80 bits per heavy atom. The zero-order valence-corrected chi connectivity index (χ0v) is 9.31. The third-order valence-corrected chi connectivity index (χ3v) is 3.26. The SMILES string of the molecule is CN(C)C1c2ccccc2CC1CC=O. The van der Waals surface area contributed by atoms with Gasteiger partial charge in [0.2, 0.25) is 0 Å². The largest absolute Gasteiger partial charge is 0.303 e. The van der Waals surface area contributed by atoms with Crippen molar-refractivity contribution in [1.29, 1.82) is 0 Å². The van der Waals surface area contributed by atoms with E-state index < -0.39 is 0 Å². The van der Waals surface area contributed by atoms with Crippen molar-refractivity contribution in [2.45, 2.75) is 18.9 Å². The lowest BCUT2D eigenvalue weighted by Gasteiger charge is -2.25. The average Bonchev–Trinajstić information content (AvgIpc) is 2.56. The monoisotopic (exact) mass is 203 g/mol. The fourth-order valence-corrected chi connectivity index (χ4v) is 2.69. The highest BCUT2D eigenvalue weighted by atomic mass is 16.1. The van der Waals surface area contributed by atoms with Crippen LogP contribution in [0.15, 0.2) is 24.3 Å².